The fourth-order valence-electron chi connectivity index (χ4n) is 3.27. The van der Waals surface area contributed by atoms with Gasteiger partial charge in [0.1, 0.15) is 5.75 Å². The van der Waals surface area contributed by atoms with Crippen molar-refractivity contribution in [3.05, 3.63) is 54.1 Å². The number of carbonyl (C=O) groups is 2. The average molecular weight is 447 g/mol. The molecule has 2 aromatic rings. The van der Waals surface area contributed by atoms with E-state index in [0.717, 1.165) is 24.8 Å². The lowest BCUT2D eigenvalue weighted by Gasteiger charge is -2.25. The lowest BCUT2D eigenvalue weighted by molar-refractivity contribution is -0.146. The van der Waals surface area contributed by atoms with E-state index in [4.69, 9.17) is 9.47 Å². The van der Waals surface area contributed by atoms with E-state index in [0.29, 0.717) is 24.5 Å². The minimum Gasteiger partial charge on any atom is -0.497 e. The van der Waals surface area contributed by atoms with E-state index in [-0.39, 0.29) is 11.3 Å². The summed E-state index contributed by atoms with van der Waals surface area (Å²) in [5.74, 6) is -0.343. The van der Waals surface area contributed by atoms with Crippen LogP contribution >= 0.6 is 0 Å². The number of carbonyl (C=O) groups excluding carboxylic acids is 2. The number of amides is 1. The van der Waals surface area contributed by atoms with Gasteiger partial charge >= 0.3 is 5.97 Å². The predicted octanol–water partition coefficient (Wildman–Crippen LogP) is 2.59. The van der Waals surface area contributed by atoms with Crippen LogP contribution in [0.4, 0.5) is 5.69 Å². The molecule has 3 rings (SSSR count). The second kappa shape index (κ2) is 10.4. The van der Waals surface area contributed by atoms with Gasteiger partial charge in [-0.3, -0.25) is 9.59 Å². The first-order chi connectivity index (χ1) is 14.9. The van der Waals surface area contributed by atoms with Crippen molar-refractivity contribution in [1.29, 1.82) is 0 Å². The second-order valence-electron chi connectivity index (χ2n) is 7.22. The van der Waals surface area contributed by atoms with Crippen molar-refractivity contribution < 1.29 is 27.5 Å². The fourth-order valence-corrected chi connectivity index (χ4v) is 4.79. The Labute approximate surface area is 182 Å². The molecule has 1 saturated heterocycles. The van der Waals surface area contributed by atoms with Crippen LogP contribution in [0.25, 0.3) is 0 Å². The molecule has 0 radical (unpaired) electrons. The summed E-state index contributed by atoms with van der Waals surface area (Å²) in [6.45, 7) is 0.633. The third kappa shape index (κ3) is 6.28. The Hall–Kier alpha value is -2.91. The molecule has 1 aliphatic heterocycles. The number of nitrogens with zero attached hydrogens (tertiary/aromatic N) is 1. The molecule has 8 nitrogen and oxygen atoms in total. The van der Waals surface area contributed by atoms with E-state index in [1.807, 2.05) is 0 Å². The first-order valence-corrected chi connectivity index (χ1v) is 11.5. The third-order valence-electron chi connectivity index (χ3n) is 4.96. The monoisotopic (exact) mass is 446 g/mol. The Balaban J connectivity index is 1.48. The van der Waals surface area contributed by atoms with E-state index in [1.54, 1.807) is 31.4 Å². The molecule has 1 N–H and O–H groups in total. The van der Waals surface area contributed by atoms with Gasteiger partial charge in [-0.05, 0) is 54.8 Å². The first-order valence-electron chi connectivity index (χ1n) is 10.1. The second-order valence-corrected chi connectivity index (χ2v) is 9.16. The molecule has 31 heavy (non-hydrogen) atoms. The molecule has 0 spiro atoms. The molecular weight excluding hydrogens is 420 g/mol. The normalized spacial score (nSPS) is 14.6. The van der Waals surface area contributed by atoms with Gasteiger partial charge in [0, 0.05) is 18.8 Å². The van der Waals surface area contributed by atoms with E-state index in [1.165, 1.54) is 28.6 Å². The van der Waals surface area contributed by atoms with Gasteiger partial charge in [0.05, 0.1) is 18.4 Å². The maximum absolute atomic E-state index is 12.7. The molecule has 2 aromatic carbocycles. The number of nitrogens with one attached hydrogen (secondary N) is 1. The molecule has 166 valence electrons. The van der Waals surface area contributed by atoms with Crippen molar-refractivity contribution in [2.45, 2.75) is 30.6 Å². The molecule has 0 aromatic heterocycles. The third-order valence-corrected chi connectivity index (χ3v) is 6.88. The Kier molecular flexibility index (Phi) is 7.64. The van der Waals surface area contributed by atoms with Crippen LogP contribution in [0.5, 0.6) is 5.75 Å². The van der Waals surface area contributed by atoms with Gasteiger partial charge in [-0.25, -0.2) is 8.42 Å². The smallest absolute Gasteiger partial charge is 0.310 e. The van der Waals surface area contributed by atoms with E-state index < -0.39 is 28.5 Å². The highest BCUT2D eigenvalue weighted by Gasteiger charge is 2.25. The lowest BCUT2D eigenvalue weighted by atomic mass is 10.1. The van der Waals surface area contributed by atoms with Crippen LogP contribution in [-0.4, -0.2) is 51.4 Å². The van der Waals surface area contributed by atoms with Gasteiger partial charge in [-0.1, -0.05) is 18.6 Å². The summed E-state index contributed by atoms with van der Waals surface area (Å²) in [6, 6.07) is 13.0. The number of ether oxygens (including phenoxy) is 2. The minimum atomic E-state index is -3.52. The van der Waals surface area contributed by atoms with Gasteiger partial charge in [-0.2, -0.15) is 4.31 Å². The van der Waals surface area contributed by atoms with Crippen LogP contribution in [0.3, 0.4) is 0 Å². The van der Waals surface area contributed by atoms with Crippen molar-refractivity contribution >= 4 is 27.6 Å². The fraction of sp³-hybridized carbons (Fsp3) is 0.364. The van der Waals surface area contributed by atoms with Crippen molar-refractivity contribution in [2.75, 3.05) is 32.1 Å². The summed E-state index contributed by atoms with van der Waals surface area (Å²) < 4.78 is 36.9. The maximum atomic E-state index is 12.7. The molecule has 1 aliphatic rings. The van der Waals surface area contributed by atoms with Gasteiger partial charge in [0.2, 0.25) is 10.0 Å². The van der Waals surface area contributed by atoms with Crippen LogP contribution in [0, 0.1) is 0 Å². The zero-order valence-corrected chi connectivity index (χ0v) is 18.2. The molecule has 1 heterocycles. The van der Waals surface area contributed by atoms with Crippen molar-refractivity contribution in [2.24, 2.45) is 0 Å². The van der Waals surface area contributed by atoms with E-state index >= 15 is 0 Å². The van der Waals surface area contributed by atoms with Crippen LogP contribution < -0.4 is 10.1 Å². The van der Waals surface area contributed by atoms with Crippen LogP contribution in [0.2, 0.25) is 0 Å². The van der Waals surface area contributed by atoms with Crippen molar-refractivity contribution in [1.82, 2.24) is 4.31 Å². The van der Waals surface area contributed by atoms with E-state index in [9.17, 15) is 18.0 Å². The predicted molar refractivity (Wildman–Crippen MR) is 115 cm³/mol. The summed E-state index contributed by atoms with van der Waals surface area (Å²) in [5.41, 5.74) is 1.17. The molecule has 9 heteroatoms. The zero-order valence-electron chi connectivity index (χ0n) is 17.4. The molecule has 1 amide bonds. The Morgan fingerprint density at radius 2 is 1.61 bits per heavy atom. The highest BCUT2D eigenvalue weighted by atomic mass is 32.2. The molecule has 0 unspecified atom stereocenters. The molecule has 1 fully saturated rings. The minimum absolute atomic E-state index is 0.0420. The average Bonchev–Trinajstić information content (AvgIpc) is 2.79. The van der Waals surface area contributed by atoms with Crippen LogP contribution in [-0.2, 0) is 30.8 Å². The molecule has 0 bridgehead atoms. The van der Waals surface area contributed by atoms with Crippen molar-refractivity contribution in [3.8, 4) is 5.75 Å². The Bertz CT molecular complexity index is 997. The number of sulfonamides is 1. The van der Waals surface area contributed by atoms with Gasteiger partial charge < -0.3 is 14.8 Å². The van der Waals surface area contributed by atoms with Crippen LogP contribution in [0.1, 0.15) is 24.8 Å². The molecule has 0 saturated carbocycles. The molecule has 0 atom stereocenters. The topological polar surface area (TPSA) is 102 Å². The van der Waals surface area contributed by atoms with Gasteiger partial charge in [-0.15, -0.1) is 0 Å². The quantitative estimate of drug-likeness (QED) is 0.626. The van der Waals surface area contributed by atoms with E-state index in [2.05, 4.69) is 5.32 Å². The largest absolute Gasteiger partial charge is 0.497 e. The number of rotatable bonds is 8. The summed E-state index contributed by atoms with van der Waals surface area (Å²) >= 11 is 0. The number of hydrogen-bond acceptors (Lipinski definition) is 6. The number of anilines is 1. The SMILES string of the molecule is COc1ccc(CC(=O)OCC(=O)Nc2ccc(S(=O)(=O)N3CCCCC3)cc2)cc1. The Morgan fingerprint density at radius 1 is 0.968 bits per heavy atom. The lowest BCUT2D eigenvalue weighted by Crippen LogP contribution is -2.35. The van der Waals surface area contributed by atoms with Gasteiger partial charge in [0.15, 0.2) is 6.61 Å². The number of piperidine rings is 1. The summed E-state index contributed by atoms with van der Waals surface area (Å²) in [5, 5.41) is 2.59. The first kappa shape index (κ1) is 22.8. The summed E-state index contributed by atoms with van der Waals surface area (Å²) in [6.07, 6.45) is 2.82. The van der Waals surface area contributed by atoms with Crippen molar-refractivity contribution in [3.63, 3.8) is 0 Å². The maximum Gasteiger partial charge on any atom is 0.310 e. The highest BCUT2D eigenvalue weighted by Crippen LogP contribution is 2.22. The zero-order chi connectivity index (χ0) is 22.3. The Morgan fingerprint density at radius 3 is 2.23 bits per heavy atom. The summed E-state index contributed by atoms with van der Waals surface area (Å²) in [4.78, 5) is 24.2. The van der Waals surface area contributed by atoms with Crippen LogP contribution in [0.15, 0.2) is 53.4 Å². The standard InChI is InChI=1S/C22H26N2O6S/c1-29-19-9-5-17(6-10-19)15-22(26)30-16-21(25)23-18-7-11-20(12-8-18)31(27,28)24-13-3-2-4-14-24/h5-12H,2-4,13-16H2,1H3,(H,23,25). The number of hydrogen-bond donors (Lipinski definition) is 1. The summed E-state index contributed by atoms with van der Waals surface area (Å²) in [7, 11) is -1.96. The highest BCUT2D eigenvalue weighted by molar-refractivity contribution is 7.89. The van der Waals surface area contributed by atoms with Gasteiger partial charge in [0.25, 0.3) is 5.91 Å². The molecular formula is C22H26N2O6S. The number of benzene rings is 2. The number of methoxy groups -OCH3 is 1. The molecule has 0 aliphatic carbocycles. The number of esters is 1.